The normalized spacial score (nSPS) is 11.1. The van der Waals surface area contributed by atoms with Gasteiger partial charge in [0.15, 0.2) is 5.16 Å². The Kier molecular flexibility index (Phi) is 5.16. The van der Waals surface area contributed by atoms with Crippen molar-refractivity contribution in [3.8, 4) is 16.8 Å². The standard InChI is InChI=1S/C20H12F2N2O3S2/c21-12-6-7-14(22)15(8-12)24-19(27)17-13(11-4-2-1-3-5-11)9-28-18(17)23-20(24)29-10-16(25)26/h1-9H,10H2,(H,25,26). The fourth-order valence-corrected chi connectivity index (χ4v) is 4.61. The van der Waals surface area contributed by atoms with Crippen molar-refractivity contribution in [3.63, 3.8) is 0 Å². The summed E-state index contributed by atoms with van der Waals surface area (Å²) < 4.78 is 29.2. The number of hydrogen-bond acceptors (Lipinski definition) is 5. The van der Waals surface area contributed by atoms with Crippen molar-refractivity contribution >= 4 is 39.3 Å². The van der Waals surface area contributed by atoms with Gasteiger partial charge in [-0.05, 0) is 17.7 Å². The topological polar surface area (TPSA) is 72.2 Å². The van der Waals surface area contributed by atoms with Crippen LogP contribution >= 0.6 is 23.1 Å². The first-order valence-corrected chi connectivity index (χ1v) is 10.2. The summed E-state index contributed by atoms with van der Waals surface area (Å²) >= 11 is 2.00. The number of halogens is 2. The summed E-state index contributed by atoms with van der Waals surface area (Å²) in [4.78, 5) is 29.2. The van der Waals surface area contributed by atoms with E-state index in [1.165, 1.54) is 11.3 Å². The van der Waals surface area contributed by atoms with Crippen molar-refractivity contribution in [2.75, 3.05) is 5.75 Å². The number of thioether (sulfide) groups is 1. The highest BCUT2D eigenvalue weighted by molar-refractivity contribution is 7.99. The number of aromatic nitrogens is 2. The van der Waals surface area contributed by atoms with Gasteiger partial charge in [0.2, 0.25) is 0 Å². The van der Waals surface area contributed by atoms with Crippen LogP contribution in [0, 0.1) is 11.6 Å². The second kappa shape index (κ2) is 7.76. The summed E-state index contributed by atoms with van der Waals surface area (Å²) in [6.07, 6.45) is 0. The monoisotopic (exact) mass is 430 g/mol. The van der Waals surface area contributed by atoms with Crippen LogP contribution in [0.4, 0.5) is 8.78 Å². The average molecular weight is 430 g/mol. The Morgan fingerprint density at radius 3 is 2.66 bits per heavy atom. The lowest BCUT2D eigenvalue weighted by atomic mass is 10.1. The molecular weight excluding hydrogens is 418 g/mol. The SMILES string of the molecule is O=C(O)CSc1nc2scc(-c3ccccc3)c2c(=O)n1-c1cc(F)ccc1F. The van der Waals surface area contributed by atoms with E-state index in [4.69, 9.17) is 5.11 Å². The Balaban J connectivity index is 2.03. The molecule has 0 aliphatic carbocycles. The molecule has 2 aromatic carbocycles. The van der Waals surface area contributed by atoms with Crippen LogP contribution < -0.4 is 5.56 Å². The molecule has 0 saturated carbocycles. The Hall–Kier alpha value is -3.04. The number of nitrogens with zero attached hydrogens (tertiary/aromatic N) is 2. The Bertz CT molecular complexity index is 1290. The van der Waals surface area contributed by atoms with E-state index in [2.05, 4.69) is 4.98 Å². The first-order valence-electron chi connectivity index (χ1n) is 8.35. The van der Waals surface area contributed by atoms with Crippen LogP contribution in [0.1, 0.15) is 0 Å². The number of carboxylic acids is 1. The van der Waals surface area contributed by atoms with Gasteiger partial charge < -0.3 is 5.11 Å². The smallest absolute Gasteiger partial charge is 0.313 e. The molecule has 0 atom stereocenters. The molecule has 0 fully saturated rings. The van der Waals surface area contributed by atoms with Crippen molar-refractivity contribution in [3.05, 3.63) is 75.9 Å². The van der Waals surface area contributed by atoms with Crippen LogP contribution in [0.3, 0.4) is 0 Å². The second-order valence-electron chi connectivity index (χ2n) is 6.01. The molecule has 0 spiro atoms. The molecule has 4 aromatic rings. The van der Waals surface area contributed by atoms with E-state index in [0.29, 0.717) is 10.4 Å². The molecule has 1 N–H and O–H groups in total. The third-order valence-electron chi connectivity index (χ3n) is 4.14. The van der Waals surface area contributed by atoms with E-state index in [0.717, 1.165) is 40.1 Å². The van der Waals surface area contributed by atoms with Crippen LogP contribution in [-0.2, 0) is 4.79 Å². The van der Waals surface area contributed by atoms with Gasteiger partial charge in [-0.15, -0.1) is 11.3 Å². The van der Waals surface area contributed by atoms with E-state index >= 15 is 0 Å². The molecule has 0 radical (unpaired) electrons. The number of carbonyl (C=O) groups is 1. The van der Waals surface area contributed by atoms with Gasteiger partial charge in [0.25, 0.3) is 5.56 Å². The number of rotatable bonds is 5. The third-order valence-corrected chi connectivity index (χ3v) is 5.93. The molecular formula is C20H12F2N2O3S2. The molecule has 9 heteroatoms. The van der Waals surface area contributed by atoms with Gasteiger partial charge in [-0.2, -0.15) is 0 Å². The minimum Gasteiger partial charge on any atom is -0.481 e. The van der Waals surface area contributed by atoms with E-state index in [1.54, 1.807) is 5.38 Å². The predicted molar refractivity (Wildman–Crippen MR) is 109 cm³/mol. The van der Waals surface area contributed by atoms with Gasteiger partial charge >= 0.3 is 5.97 Å². The van der Waals surface area contributed by atoms with Crippen molar-refractivity contribution in [1.29, 1.82) is 0 Å². The minimum atomic E-state index is -1.12. The molecule has 0 saturated heterocycles. The maximum absolute atomic E-state index is 14.5. The number of thiophene rings is 1. The van der Waals surface area contributed by atoms with Gasteiger partial charge in [-0.3, -0.25) is 14.2 Å². The molecule has 0 aliphatic heterocycles. The number of fused-ring (bicyclic) bond motifs is 1. The lowest BCUT2D eigenvalue weighted by Gasteiger charge is -2.13. The molecule has 29 heavy (non-hydrogen) atoms. The van der Waals surface area contributed by atoms with Crippen LogP contribution in [-0.4, -0.2) is 26.4 Å². The fourth-order valence-electron chi connectivity index (χ4n) is 2.90. The zero-order valence-electron chi connectivity index (χ0n) is 14.6. The molecule has 5 nitrogen and oxygen atoms in total. The maximum atomic E-state index is 14.5. The Morgan fingerprint density at radius 1 is 1.17 bits per heavy atom. The van der Waals surface area contributed by atoms with Gasteiger partial charge in [0, 0.05) is 17.0 Å². The molecule has 0 unspecified atom stereocenters. The van der Waals surface area contributed by atoms with Crippen LogP contribution in [0.15, 0.2) is 63.9 Å². The summed E-state index contributed by atoms with van der Waals surface area (Å²) in [5, 5.41) is 11.0. The summed E-state index contributed by atoms with van der Waals surface area (Å²) in [5.74, 6) is -3.04. The van der Waals surface area contributed by atoms with Crippen molar-refractivity contribution in [1.82, 2.24) is 9.55 Å². The molecule has 146 valence electrons. The van der Waals surface area contributed by atoms with Gasteiger partial charge in [0.1, 0.15) is 16.5 Å². The van der Waals surface area contributed by atoms with E-state index < -0.39 is 23.2 Å². The largest absolute Gasteiger partial charge is 0.481 e. The average Bonchev–Trinajstić information content (AvgIpc) is 3.13. The molecule has 0 bridgehead atoms. The minimum absolute atomic E-state index is 0.0177. The van der Waals surface area contributed by atoms with Gasteiger partial charge in [0.05, 0.1) is 16.8 Å². The lowest BCUT2D eigenvalue weighted by Crippen LogP contribution is -2.23. The van der Waals surface area contributed by atoms with Crippen LogP contribution in [0.25, 0.3) is 27.0 Å². The quantitative estimate of drug-likeness (QED) is 0.371. The summed E-state index contributed by atoms with van der Waals surface area (Å²) in [6, 6.07) is 11.9. The lowest BCUT2D eigenvalue weighted by molar-refractivity contribution is -0.133. The number of hydrogen-bond donors (Lipinski definition) is 1. The predicted octanol–water partition coefficient (Wildman–Crippen LogP) is 4.57. The van der Waals surface area contributed by atoms with Gasteiger partial charge in [-0.25, -0.2) is 13.8 Å². The van der Waals surface area contributed by atoms with Crippen LogP contribution in [0.2, 0.25) is 0 Å². The molecule has 2 heterocycles. The van der Waals surface area contributed by atoms with E-state index in [-0.39, 0.29) is 22.0 Å². The van der Waals surface area contributed by atoms with Crippen molar-refractivity contribution in [2.24, 2.45) is 0 Å². The summed E-state index contributed by atoms with van der Waals surface area (Å²) in [7, 11) is 0. The summed E-state index contributed by atoms with van der Waals surface area (Å²) in [6.45, 7) is 0. The zero-order valence-corrected chi connectivity index (χ0v) is 16.3. The molecule has 0 aliphatic rings. The highest BCUT2D eigenvalue weighted by atomic mass is 32.2. The Labute approximate surface area is 171 Å². The Morgan fingerprint density at radius 2 is 1.93 bits per heavy atom. The fraction of sp³-hybridized carbons (Fsp3) is 0.0500. The second-order valence-corrected chi connectivity index (χ2v) is 7.81. The molecule has 4 rings (SSSR count). The molecule has 0 amide bonds. The highest BCUT2D eigenvalue weighted by Gasteiger charge is 2.21. The molecule has 2 aromatic heterocycles. The van der Waals surface area contributed by atoms with E-state index in [9.17, 15) is 18.4 Å². The maximum Gasteiger partial charge on any atom is 0.313 e. The third kappa shape index (κ3) is 3.66. The van der Waals surface area contributed by atoms with Gasteiger partial charge in [-0.1, -0.05) is 42.1 Å². The van der Waals surface area contributed by atoms with Crippen LogP contribution in [0.5, 0.6) is 0 Å². The summed E-state index contributed by atoms with van der Waals surface area (Å²) in [5.41, 5.74) is 0.508. The van der Waals surface area contributed by atoms with E-state index in [1.807, 2.05) is 30.3 Å². The number of carboxylic acid groups (broad SMARTS) is 1. The van der Waals surface area contributed by atoms with Crippen molar-refractivity contribution in [2.45, 2.75) is 5.16 Å². The number of benzene rings is 2. The highest BCUT2D eigenvalue weighted by Crippen LogP contribution is 2.33. The first-order chi connectivity index (χ1) is 14.0. The number of aliphatic carboxylic acids is 1. The first kappa shape index (κ1) is 19.3. The van der Waals surface area contributed by atoms with Crippen molar-refractivity contribution < 1.29 is 18.7 Å². The zero-order chi connectivity index (χ0) is 20.5.